The van der Waals surface area contributed by atoms with Crippen molar-refractivity contribution < 1.29 is 18.9 Å². The zero-order chi connectivity index (χ0) is 12.4. The van der Waals surface area contributed by atoms with E-state index in [2.05, 4.69) is 12.1 Å². The number of ether oxygens (including phenoxy) is 4. The molecule has 2 saturated heterocycles. The van der Waals surface area contributed by atoms with Crippen LogP contribution < -0.4 is 0 Å². The van der Waals surface area contributed by atoms with Crippen LogP contribution in [0.2, 0.25) is 0 Å². The molecule has 2 fully saturated rings. The molecule has 0 aliphatic carbocycles. The quantitative estimate of drug-likeness (QED) is 0.815. The molecule has 98 valence electrons. The maximum Gasteiger partial charge on any atom is 0.190 e. The lowest BCUT2D eigenvalue weighted by molar-refractivity contribution is -0.227. The first-order valence-corrected chi connectivity index (χ1v) is 6.30. The van der Waals surface area contributed by atoms with E-state index in [1.807, 2.05) is 25.1 Å². The standard InChI is InChI=1S/C14H18O4/c1-14-10-16-9-13(18-14)12(17-14)8-15-7-11-5-3-2-4-6-11/h2-6,12-13H,7-10H2,1H3/t12-,13-,14+/m0/s1. The molecule has 0 N–H and O–H groups in total. The Balaban J connectivity index is 1.49. The van der Waals surface area contributed by atoms with Crippen molar-refractivity contribution >= 4 is 0 Å². The molecule has 3 atom stereocenters. The molecule has 0 radical (unpaired) electrons. The minimum atomic E-state index is -0.580. The molecular formula is C14H18O4. The third-order valence-electron chi connectivity index (χ3n) is 3.26. The van der Waals surface area contributed by atoms with Gasteiger partial charge in [0.05, 0.1) is 19.8 Å². The minimum Gasteiger partial charge on any atom is -0.374 e. The summed E-state index contributed by atoms with van der Waals surface area (Å²) in [5.74, 6) is -0.580. The summed E-state index contributed by atoms with van der Waals surface area (Å²) in [6.45, 7) is 4.15. The Kier molecular flexibility index (Phi) is 3.35. The summed E-state index contributed by atoms with van der Waals surface area (Å²) in [6.07, 6.45) is -0.0271. The molecule has 0 saturated carbocycles. The Hall–Kier alpha value is -0.940. The van der Waals surface area contributed by atoms with Gasteiger partial charge in [-0.1, -0.05) is 30.3 Å². The fourth-order valence-electron chi connectivity index (χ4n) is 2.40. The SMILES string of the molecule is C[C@]12COC[C@H](O1)[C@H](COCc1ccccc1)O2. The molecule has 3 rings (SSSR count). The second-order valence-electron chi connectivity index (χ2n) is 4.96. The molecule has 18 heavy (non-hydrogen) atoms. The number of hydrogen-bond acceptors (Lipinski definition) is 4. The Labute approximate surface area is 107 Å². The second kappa shape index (κ2) is 4.97. The Morgan fingerprint density at radius 1 is 1.28 bits per heavy atom. The Bertz CT molecular complexity index is 394. The summed E-state index contributed by atoms with van der Waals surface area (Å²) < 4.78 is 22.8. The predicted molar refractivity (Wildman–Crippen MR) is 65.1 cm³/mol. The van der Waals surface area contributed by atoms with Crippen molar-refractivity contribution in [1.82, 2.24) is 0 Å². The van der Waals surface area contributed by atoms with Crippen LogP contribution in [0, 0.1) is 0 Å². The molecule has 0 aromatic heterocycles. The van der Waals surface area contributed by atoms with Crippen LogP contribution in [-0.4, -0.2) is 37.8 Å². The second-order valence-corrected chi connectivity index (χ2v) is 4.96. The van der Waals surface area contributed by atoms with Crippen LogP contribution >= 0.6 is 0 Å². The molecular weight excluding hydrogens is 232 g/mol. The van der Waals surface area contributed by atoms with Crippen molar-refractivity contribution in [2.75, 3.05) is 19.8 Å². The van der Waals surface area contributed by atoms with Crippen LogP contribution in [0.5, 0.6) is 0 Å². The summed E-state index contributed by atoms with van der Waals surface area (Å²) in [5.41, 5.74) is 1.17. The summed E-state index contributed by atoms with van der Waals surface area (Å²) in [4.78, 5) is 0. The third kappa shape index (κ3) is 2.57. The predicted octanol–water partition coefficient (Wildman–Crippen LogP) is 1.73. The van der Waals surface area contributed by atoms with Crippen LogP contribution in [0.4, 0.5) is 0 Å². The molecule has 0 unspecified atom stereocenters. The van der Waals surface area contributed by atoms with Crippen LogP contribution in [0.3, 0.4) is 0 Å². The normalized spacial score (nSPS) is 34.7. The summed E-state index contributed by atoms with van der Waals surface area (Å²) in [7, 11) is 0. The van der Waals surface area contributed by atoms with Crippen LogP contribution in [0.15, 0.2) is 30.3 Å². The van der Waals surface area contributed by atoms with Crippen molar-refractivity contribution in [2.45, 2.75) is 31.5 Å². The van der Waals surface area contributed by atoms with E-state index in [4.69, 9.17) is 18.9 Å². The van der Waals surface area contributed by atoms with Gasteiger partial charge in [0, 0.05) is 0 Å². The van der Waals surface area contributed by atoms with Gasteiger partial charge in [-0.3, -0.25) is 0 Å². The molecule has 1 aromatic carbocycles. The minimum absolute atomic E-state index is 0.000441. The topological polar surface area (TPSA) is 36.9 Å². The van der Waals surface area contributed by atoms with Crippen LogP contribution in [-0.2, 0) is 25.6 Å². The average molecular weight is 250 g/mol. The fourth-order valence-corrected chi connectivity index (χ4v) is 2.40. The van der Waals surface area contributed by atoms with Crippen molar-refractivity contribution in [3.05, 3.63) is 35.9 Å². The van der Waals surface area contributed by atoms with E-state index < -0.39 is 5.79 Å². The van der Waals surface area contributed by atoms with Gasteiger partial charge in [0.1, 0.15) is 18.8 Å². The van der Waals surface area contributed by atoms with Gasteiger partial charge in [-0.15, -0.1) is 0 Å². The molecule has 4 heteroatoms. The highest BCUT2D eigenvalue weighted by Gasteiger charge is 2.48. The molecule has 2 bridgehead atoms. The molecule has 1 aromatic rings. The summed E-state index contributed by atoms with van der Waals surface area (Å²) in [5, 5.41) is 0. The van der Waals surface area contributed by atoms with Crippen molar-refractivity contribution in [3.63, 3.8) is 0 Å². The number of rotatable bonds is 4. The van der Waals surface area contributed by atoms with E-state index in [0.29, 0.717) is 26.4 Å². The van der Waals surface area contributed by atoms with E-state index in [9.17, 15) is 0 Å². The lowest BCUT2D eigenvalue weighted by atomic mass is 10.2. The van der Waals surface area contributed by atoms with Crippen LogP contribution in [0.25, 0.3) is 0 Å². The van der Waals surface area contributed by atoms with Gasteiger partial charge in [-0.25, -0.2) is 0 Å². The number of benzene rings is 1. The molecule has 0 spiro atoms. The first-order valence-electron chi connectivity index (χ1n) is 6.30. The van der Waals surface area contributed by atoms with Gasteiger partial charge in [0.25, 0.3) is 0 Å². The van der Waals surface area contributed by atoms with Crippen LogP contribution in [0.1, 0.15) is 12.5 Å². The van der Waals surface area contributed by atoms with Gasteiger partial charge in [-0.2, -0.15) is 0 Å². The van der Waals surface area contributed by atoms with Gasteiger partial charge in [-0.05, 0) is 12.5 Å². The highest BCUT2D eigenvalue weighted by molar-refractivity contribution is 5.13. The van der Waals surface area contributed by atoms with Gasteiger partial charge >= 0.3 is 0 Å². The van der Waals surface area contributed by atoms with E-state index in [1.54, 1.807) is 0 Å². The van der Waals surface area contributed by atoms with E-state index in [1.165, 1.54) is 5.56 Å². The first-order chi connectivity index (χ1) is 8.75. The zero-order valence-electron chi connectivity index (χ0n) is 10.5. The maximum atomic E-state index is 5.84. The number of fused-ring (bicyclic) bond motifs is 2. The Morgan fingerprint density at radius 3 is 2.89 bits per heavy atom. The highest BCUT2D eigenvalue weighted by atomic mass is 16.8. The van der Waals surface area contributed by atoms with E-state index in [-0.39, 0.29) is 12.2 Å². The van der Waals surface area contributed by atoms with Gasteiger partial charge in [0.15, 0.2) is 5.79 Å². The number of hydrogen-bond donors (Lipinski definition) is 0. The van der Waals surface area contributed by atoms with Gasteiger partial charge < -0.3 is 18.9 Å². The maximum absolute atomic E-state index is 5.84. The summed E-state index contributed by atoms with van der Waals surface area (Å²) >= 11 is 0. The monoisotopic (exact) mass is 250 g/mol. The molecule has 4 nitrogen and oxygen atoms in total. The van der Waals surface area contributed by atoms with Crippen molar-refractivity contribution in [3.8, 4) is 0 Å². The van der Waals surface area contributed by atoms with E-state index in [0.717, 1.165) is 0 Å². The van der Waals surface area contributed by atoms with Crippen molar-refractivity contribution in [2.24, 2.45) is 0 Å². The highest BCUT2D eigenvalue weighted by Crippen LogP contribution is 2.33. The average Bonchev–Trinajstić information content (AvgIpc) is 2.60. The summed E-state index contributed by atoms with van der Waals surface area (Å²) in [6, 6.07) is 10.1. The molecule has 2 aliphatic heterocycles. The molecule has 2 aliphatic rings. The van der Waals surface area contributed by atoms with E-state index >= 15 is 0 Å². The fraction of sp³-hybridized carbons (Fsp3) is 0.571. The largest absolute Gasteiger partial charge is 0.374 e. The zero-order valence-corrected chi connectivity index (χ0v) is 10.5. The Morgan fingerprint density at radius 2 is 2.11 bits per heavy atom. The lowest BCUT2D eigenvalue weighted by Crippen LogP contribution is -2.39. The lowest BCUT2D eigenvalue weighted by Gasteiger charge is -2.27. The molecule has 0 amide bonds. The van der Waals surface area contributed by atoms with Crippen molar-refractivity contribution in [1.29, 1.82) is 0 Å². The third-order valence-corrected chi connectivity index (χ3v) is 3.26. The molecule has 2 heterocycles. The first kappa shape index (κ1) is 12.1. The van der Waals surface area contributed by atoms with Gasteiger partial charge in [0.2, 0.25) is 0 Å². The smallest absolute Gasteiger partial charge is 0.190 e.